The van der Waals surface area contributed by atoms with Crippen LogP contribution in [0.25, 0.3) is 0 Å². The van der Waals surface area contributed by atoms with Crippen molar-refractivity contribution in [2.24, 2.45) is 0 Å². The summed E-state index contributed by atoms with van der Waals surface area (Å²) in [6.07, 6.45) is 1.18. The summed E-state index contributed by atoms with van der Waals surface area (Å²) >= 11 is 0. The van der Waals surface area contributed by atoms with Crippen molar-refractivity contribution in [2.45, 2.75) is 26.4 Å². The molecule has 2 nitrogen and oxygen atoms in total. The van der Waals surface area contributed by atoms with E-state index in [0.29, 0.717) is 0 Å². The van der Waals surface area contributed by atoms with Crippen molar-refractivity contribution in [3.8, 4) is 0 Å². The molecule has 0 aliphatic heterocycles. The first-order chi connectivity index (χ1) is 3.31. The molecule has 0 saturated heterocycles. The van der Waals surface area contributed by atoms with E-state index >= 15 is 0 Å². The molecule has 0 heterocycles. The zero-order valence-corrected chi connectivity index (χ0v) is 5.64. The number of hydrogen-bond acceptors (Lipinski definition) is 2. The van der Waals surface area contributed by atoms with Crippen LogP contribution in [-0.2, 0) is 4.52 Å². The first-order valence-corrected chi connectivity index (χ1v) is 3.21. The lowest BCUT2D eigenvalue weighted by Gasteiger charge is -2.04. The molecule has 0 bridgehead atoms. The average molecular weight is 122 g/mol. The summed E-state index contributed by atoms with van der Waals surface area (Å²) in [7, 11) is -0.355. The molecule has 0 radical (unpaired) electrons. The summed E-state index contributed by atoms with van der Waals surface area (Å²) in [4.78, 5) is 8.17. The van der Waals surface area contributed by atoms with E-state index < -0.39 is 0 Å². The van der Waals surface area contributed by atoms with Crippen LogP contribution >= 0.6 is 9.03 Å². The second-order valence-electron chi connectivity index (χ2n) is 1.43. The molecule has 0 fully saturated rings. The maximum atomic E-state index is 8.17. The van der Waals surface area contributed by atoms with E-state index in [-0.39, 0.29) is 15.1 Å². The molecule has 2 unspecified atom stereocenters. The van der Waals surface area contributed by atoms with Gasteiger partial charge in [0.2, 0.25) is 0 Å². The van der Waals surface area contributed by atoms with Crippen LogP contribution in [0, 0.1) is 0 Å². The Morgan fingerprint density at radius 1 is 1.86 bits per heavy atom. The quantitative estimate of drug-likeness (QED) is 0.572. The van der Waals surface area contributed by atoms with Gasteiger partial charge in [-0.2, -0.15) is 0 Å². The third-order valence-corrected chi connectivity index (χ3v) is 1.34. The van der Waals surface area contributed by atoms with E-state index in [1.807, 2.05) is 13.8 Å². The molecule has 3 heteroatoms. The minimum absolute atomic E-state index is 0.211. The van der Waals surface area contributed by atoms with E-state index in [0.717, 1.165) is 6.42 Å². The minimum atomic E-state index is -0.355. The smallest absolute Gasteiger partial charge is 0.152 e. The Bertz CT molecular complexity index is 40.7. The molecule has 0 aliphatic carbocycles. The Balaban J connectivity index is 2.83. The maximum absolute atomic E-state index is 8.17. The Morgan fingerprint density at radius 3 is 2.57 bits per heavy atom. The van der Waals surface area contributed by atoms with E-state index in [2.05, 4.69) is 0 Å². The SMILES string of the molecule is CCC(C)OPO. The first-order valence-electron chi connectivity index (χ1n) is 2.36. The molecular weight excluding hydrogens is 111 g/mol. The largest absolute Gasteiger partial charge is 0.352 e. The lowest BCUT2D eigenvalue weighted by molar-refractivity contribution is 0.229. The van der Waals surface area contributed by atoms with Crippen molar-refractivity contribution < 1.29 is 9.42 Å². The molecule has 0 aromatic rings. The van der Waals surface area contributed by atoms with Gasteiger partial charge in [-0.1, -0.05) is 6.92 Å². The molecular formula is C4H11O2P. The van der Waals surface area contributed by atoms with Gasteiger partial charge in [0.1, 0.15) is 0 Å². The van der Waals surface area contributed by atoms with E-state index in [9.17, 15) is 0 Å². The third-order valence-electron chi connectivity index (χ3n) is 0.829. The van der Waals surface area contributed by atoms with Crippen LogP contribution in [0.5, 0.6) is 0 Å². The maximum Gasteiger partial charge on any atom is 0.152 e. The Kier molecular flexibility index (Phi) is 4.73. The summed E-state index contributed by atoms with van der Waals surface area (Å²) < 4.78 is 4.77. The average Bonchev–Trinajstić information content (AvgIpc) is 1.68. The van der Waals surface area contributed by atoms with Crippen LogP contribution in [0.15, 0.2) is 0 Å². The second-order valence-corrected chi connectivity index (χ2v) is 1.85. The zero-order chi connectivity index (χ0) is 5.70. The van der Waals surface area contributed by atoms with Crippen LogP contribution in [0.1, 0.15) is 20.3 Å². The molecule has 0 rings (SSSR count). The van der Waals surface area contributed by atoms with E-state index in [1.165, 1.54) is 0 Å². The number of hydrogen-bond donors (Lipinski definition) is 1. The Hall–Kier alpha value is 0.350. The predicted octanol–water partition coefficient (Wildman–Crippen LogP) is 1.30. The summed E-state index contributed by atoms with van der Waals surface area (Å²) in [5.41, 5.74) is 0. The lowest BCUT2D eigenvalue weighted by atomic mass is 10.3. The standard InChI is InChI=1S/C4H11O2P/c1-3-4(2)6-7-5/h4-5,7H,3H2,1-2H3. The molecule has 0 spiro atoms. The van der Waals surface area contributed by atoms with Crippen molar-refractivity contribution in [1.29, 1.82) is 0 Å². The summed E-state index contributed by atoms with van der Waals surface area (Å²) in [6, 6.07) is 0. The van der Waals surface area contributed by atoms with Crippen molar-refractivity contribution in [2.75, 3.05) is 0 Å². The van der Waals surface area contributed by atoms with Gasteiger partial charge in [0.25, 0.3) is 0 Å². The van der Waals surface area contributed by atoms with E-state index in [1.54, 1.807) is 0 Å². The van der Waals surface area contributed by atoms with Crippen molar-refractivity contribution in [1.82, 2.24) is 0 Å². The highest BCUT2D eigenvalue weighted by atomic mass is 31.1. The molecule has 0 saturated carbocycles. The van der Waals surface area contributed by atoms with Gasteiger partial charge >= 0.3 is 0 Å². The van der Waals surface area contributed by atoms with Gasteiger partial charge in [0.05, 0.1) is 6.10 Å². The van der Waals surface area contributed by atoms with Crippen LogP contribution in [0.2, 0.25) is 0 Å². The zero-order valence-electron chi connectivity index (χ0n) is 4.64. The monoisotopic (exact) mass is 122 g/mol. The van der Waals surface area contributed by atoms with Crippen LogP contribution < -0.4 is 0 Å². The summed E-state index contributed by atoms with van der Waals surface area (Å²) in [6.45, 7) is 3.95. The fraction of sp³-hybridized carbons (Fsp3) is 1.00. The minimum Gasteiger partial charge on any atom is -0.352 e. The van der Waals surface area contributed by atoms with Crippen molar-refractivity contribution in [3.05, 3.63) is 0 Å². The Morgan fingerprint density at radius 2 is 2.43 bits per heavy atom. The highest BCUT2D eigenvalue weighted by molar-refractivity contribution is 7.24. The highest BCUT2D eigenvalue weighted by Crippen LogP contribution is 2.09. The molecule has 44 valence electrons. The molecule has 0 aromatic heterocycles. The van der Waals surface area contributed by atoms with Crippen molar-refractivity contribution >= 4 is 9.03 Å². The molecule has 0 aliphatic rings. The van der Waals surface area contributed by atoms with Gasteiger partial charge in [0.15, 0.2) is 9.03 Å². The fourth-order valence-corrected chi connectivity index (χ4v) is 0.520. The predicted molar refractivity (Wildman–Crippen MR) is 31.4 cm³/mol. The topological polar surface area (TPSA) is 29.5 Å². The van der Waals surface area contributed by atoms with Crippen LogP contribution in [-0.4, -0.2) is 11.0 Å². The van der Waals surface area contributed by atoms with Gasteiger partial charge in [-0.15, -0.1) is 0 Å². The Labute approximate surface area is 45.8 Å². The summed E-state index contributed by atoms with van der Waals surface area (Å²) in [5, 5.41) is 0. The van der Waals surface area contributed by atoms with Gasteiger partial charge in [0, 0.05) is 0 Å². The number of rotatable bonds is 3. The first kappa shape index (κ1) is 7.35. The molecule has 2 atom stereocenters. The van der Waals surface area contributed by atoms with Crippen LogP contribution in [0.4, 0.5) is 0 Å². The lowest BCUT2D eigenvalue weighted by Crippen LogP contribution is -1.97. The van der Waals surface area contributed by atoms with E-state index in [4.69, 9.17) is 9.42 Å². The molecule has 0 aromatic carbocycles. The molecule has 0 amide bonds. The second kappa shape index (κ2) is 4.51. The van der Waals surface area contributed by atoms with Gasteiger partial charge in [-0.3, -0.25) is 0 Å². The highest BCUT2D eigenvalue weighted by Gasteiger charge is 1.93. The van der Waals surface area contributed by atoms with Gasteiger partial charge < -0.3 is 9.42 Å². The van der Waals surface area contributed by atoms with Crippen molar-refractivity contribution in [3.63, 3.8) is 0 Å². The molecule has 1 N–H and O–H groups in total. The third kappa shape index (κ3) is 4.20. The van der Waals surface area contributed by atoms with Gasteiger partial charge in [-0.25, -0.2) is 0 Å². The van der Waals surface area contributed by atoms with Crippen LogP contribution in [0.3, 0.4) is 0 Å². The van der Waals surface area contributed by atoms with Gasteiger partial charge in [-0.05, 0) is 13.3 Å². The summed E-state index contributed by atoms with van der Waals surface area (Å²) in [5.74, 6) is 0. The normalized spacial score (nSPS) is 15.9. The molecule has 7 heavy (non-hydrogen) atoms. The fourth-order valence-electron chi connectivity index (χ4n) is 0.173.